The Morgan fingerprint density at radius 1 is 1.15 bits per heavy atom. The van der Waals surface area contributed by atoms with Crippen molar-refractivity contribution in [3.05, 3.63) is 75.8 Å². The van der Waals surface area contributed by atoms with Crippen LogP contribution in [0.5, 0.6) is 5.75 Å². The summed E-state index contributed by atoms with van der Waals surface area (Å²) in [5.41, 5.74) is 1.00. The molecule has 0 aliphatic rings. The minimum absolute atomic E-state index is 0.0218. The van der Waals surface area contributed by atoms with Gasteiger partial charge in [-0.2, -0.15) is 0 Å². The number of nitrogens with one attached hydrogen (secondary N) is 2. The van der Waals surface area contributed by atoms with Gasteiger partial charge in [0, 0.05) is 6.54 Å². The van der Waals surface area contributed by atoms with E-state index in [4.69, 9.17) is 4.74 Å². The quantitative estimate of drug-likeness (QED) is 0.669. The second kappa shape index (κ2) is 7.82. The smallest absolute Gasteiger partial charge is 0.261 e. The third-order valence-corrected chi connectivity index (χ3v) is 4.14. The molecule has 26 heavy (non-hydrogen) atoms. The Kier molecular flexibility index (Phi) is 5.31. The van der Waals surface area contributed by atoms with E-state index in [0.29, 0.717) is 17.4 Å². The first-order chi connectivity index (χ1) is 12.6. The molecule has 1 amide bonds. The Morgan fingerprint density at radius 3 is 2.65 bits per heavy atom. The molecule has 2 aromatic carbocycles. The first-order valence-electron chi connectivity index (χ1n) is 8.30. The molecule has 0 aliphatic heterocycles. The lowest BCUT2D eigenvalue weighted by Crippen LogP contribution is -2.30. The van der Waals surface area contributed by atoms with Crippen molar-refractivity contribution in [3.63, 3.8) is 0 Å². The van der Waals surface area contributed by atoms with Crippen molar-refractivity contribution >= 4 is 16.8 Å². The second-order valence-corrected chi connectivity index (χ2v) is 5.95. The van der Waals surface area contributed by atoms with Crippen molar-refractivity contribution in [2.45, 2.75) is 12.8 Å². The fraction of sp³-hybridized carbons (Fsp3) is 0.200. The molecule has 0 aliphatic carbocycles. The van der Waals surface area contributed by atoms with Crippen LogP contribution in [-0.2, 0) is 6.42 Å². The molecule has 1 heterocycles. The van der Waals surface area contributed by atoms with Gasteiger partial charge in [-0.1, -0.05) is 12.1 Å². The Labute approximate surface area is 149 Å². The van der Waals surface area contributed by atoms with Gasteiger partial charge in [-0.25, -0.2) is 4.39 Å². The minimum Gasteiger partial charge on any atom is -0.497 e. The van der Waals surface area contributed by atoms with Crippen LogP contribution in [0.25, 0.3) is 10.9 Å². The molecule has 0 spiro atoms. The number of ether oxygens (including phenoxy) is 1. The number of aromatic amines is 1. The minimum atomic E-state index is -0.532. The Morgan fingerprint density at radius 2 is 1.92 bits per heavy atom. The zero-order valence-electron chi connectivity index (χ0n) is 14.3. The molecule has 134 valence electrons. The third kappa shape index (κ3) is 4.08. The predicted molar refractivity (Wildman–Crippen MR) is 98.2 cm³/mol. The first kappa shape index (κ1) is 17.7. The fourth-order valence-electron chi connectivity index (χ4n) is 2.72. The maximum absolute atomic E-state index is 13.2. The molecular formula is C20H19FN2O3. The summed E-state index contributed by atoms with van der Waals surface area (Å²) in [6.07, 6.45) is 1.55. The summed E-state index contributed by atoms with van der Waals surface area (Å²) in [5, 5.41) is 3.36. The number of aromatic nitrogens is 1. The number of aryl methyl sites for hydroxylation is 1. The molecule has 3 aromatic rings. The SMILES string of the molecule is COc1ccc(CCCNC(=O)c2cc3ccc(F)cc3[nH]c2=O)cc1. The highest BCUT2D eigenvalue weighted by molar-refractivity contribution is 5.97. The number of halogens is 1. The van der Waals surface area contributed by atoms with Crippen molar-refractivity contribution in [3.8, 4) is 5.75 Å². The maximum Gasteiger partial charge on any atom is 0.261 e. The van der Waals surface area contributed by atoms with E-state index in [2.05, 4.69) is 10.3 Å². The summed E-state index contributed by atoms with van der Waals surface area (Å²) in [7, 11) is 1.62. The largest absolute Gasteiger partial charge is 0.497 e. The lowest BCUT2D eigenvalue weighted by Gasteiger charge is -2.07. The highest BCUT2D eigenvalue weighted by atomic mass is 19.1. The molecule has 2 N–H and O–H groups in total. The third-order valence-electron chi connectivity index (χ3n) is 4.14. The van der Waals surface area contributed by atoms with Crippen LogP contribution < -0.4 is 15.6 Å². The molecular weight excluding hydrogens is 335 g/mol. The van der Waals surface area contributed by atoms with Crippen LogP contribution in [0.3, 0.4) is 0 Å². The molecule has 5 nitrogen and oxygen atoms in total. The molecule has 0 fully saturated rings. The van der Waals surface area contributed by atoms with Gasteiger partial charge < -0.3 is 15.0 Å². The van der Waals surface area contributed by atoms with Gasteiger partial charge in [0.1, 0.15) is 17.1 Å². The predicted octanol–water partition coefficient (Wildman–Crippen LogP) is 3.04. The van der Waals surface area contributed by atoms with E-state index in [1.165, 1.54) is 24.3 Å². The number of hydrogen-bond acceptors (Lipinski definition) is 3. The monoisotopic (exact) mass is 354 g/mol. The highest BCUT2D eigenvalue weighted by Gasteiger charge is 2.11. The molecule has 6 heteroatoms. The Bertz CT molecular complexity index is 981. The summed E-state index contributed by atoms with van der Waals surface area (Å²) >= 11 is 0. The van der Waals surface area contributed by atoms with Crippen molar-refractivity contribution in [2.75, 3.05) is 13.7 Å². The van der Waals surface area contributed by atoms with Gasteiger partial charge in [-0.05, 0) is 60.2 Å². The van der Waals surface area contributed by atoms with Crippen molar-refractivity contribution in [1.82, 2.24) is 10.3 Å². The molecule has 0 radical (unpaired) electrons. The van der Waals surface area contributed by atoms with E-state index in [-0.39, 0.29) is 5.56 Å². The van der Waals surface area contributed by atoms with Crippen LogP contribution in [0.4, 0.5) is 4.39 Å². The molecule has 0 bridgehead atoms. The summed E-state index contributed by atoms with van der Waals surface area (Å²) in [4.78, 5) is 26.8. The van der Waals surface area contributed by atoms with Gasteiger partial charge in [0.2, 0.25) is 0 Å². The van der Waals surface area contributed by atoms with Gasteiger partial charge >= 0.3 is 0 Å². The molecule has 0 saturated carbocycles. The van der Waals surface area contributed by atoms with Crippen LogP contribution in [-0.4, -0.2) is 24.5 Å². The number of fused-ring (bicyclic) bond motifs is 1. The maximum atomic E-state index is 13.2. The molecule has 0 atom stereocenters. The van der Waals surface area contributed by atoms with E-state index in [1.807, 2.05) is 24.3 Å². The van der Waals surface area contributed by atoms with Crippen LogP contribution >= 0.6 is 0 Å². The number of hydrogen-bond donors (Lipinski definition) is 2. The number of amides is 1. The van der Waals surface area contributed by atoms with E-state index < -0.39 is 17.3 Å². The van der Waals surface area contributed by atoms with Crippen molar-refractivity contribution < 1.29 is 13.9 Å². The van der Waals surface area contributed by atoms with Crippen LogP contribution in [0.15, 0.2) is 53.3 Å². The summed E-state index contributed by atoms with van der Waals surface area (Å²) < 4.78 is 18.3. The van der Waals surface area contributed by atoms with Gasteiger partial charge in [-0.3, -0.25) is 9.59 Å². The molecule has 0 unspecified atom stereocenters. The summed E-state index contributed by atoms with van der Waals surface area (Å²) in [5.74, 6) is -0.0754. The average Bonchev–Trinajstić information content (AvgIpc) is 2.65. The lowest BCUT2D eigenvalue weighted by atomic mass is 10.1. The van der Waals surface area contributed by atoms with Gasteiger partial charge in [0.25, 0.3) is 11.5 Å². The number of pyridine rings is 1. The number of carbonyl (C=O) groups is 1. The second-order valence-electron chi connectivity index (χ2n) is 5.95. The average molecular weight is 354 g/mol. The van der Waals surface area contributed by atoms with Crippen LogP contribution in [0, 0.1) is 5.82 Å². The molecule has 1 aromatic heterocycles. The first-order valence-corrected chi connectivity index (χ1v) is 8.30. The lowest BCUT2D eigenvalue weighted by molar-refractivity contribution is 0.0952. The highest BCUT2D eigenvalue weighted by Crippen LogP contribution is 2.13. The van der Waals surface area contributed by atoms with Gasteiger partial charge in [0.15, 0.2) is 0 Å². The summed E-state index contributed by atoms with van der Waals surface area (Å²) in [6, 6.07) is 13.3. The van der Waals surface area contributed by atoms with E-state index in [9.17, 15) is 14.0 Å². The molecule has 3 rings (SSSR count). The Hall–Kier alpha value is -3.15. The van der Waals surface area contributed by atoms with Gasteiger partial charge in [0.05, 0.1) is 12.6 Å². The van der Waals surface area contributed by atoms with Gasteiger partial charge in [-0.15, -0.1) is 0 Å². The van der Waals surface area contributed by atoms with Crippen molar-refractivity contribution in [2.24, 2.45) is 0 Å². The Balaban J connectivity index is 1.59. The van der Waals surface area contributed by atoms with E-state index in [0.717, 1.165) is 24.2 Å². The fourth-order valence-corrected chi connectivity index (χ4v) is 2.72. The normalized spacial score (nSPS) is 10.7. The van der Waals surface area contributed by atoms with Crippen LogP contribution in [0.2, 0.25) is 0 Å². The van der Waals surface area contributed by atoms with E-state index in [1.54, 1.807) is 7.11 Å². The summed E-state index contributed by atoms with van der Waals surface area (Å²) in [6.45, 7) is 0.450. The zero-order chi connectivity index (χ0) is 18.5. The number of rotatable bonds is 6. The number of methoxy groups -OCH3 is 1. The zero-order valence-corrected chi connectivity index (χ0v) is 14.3. The van der Waals surface area contributed by atoms with Crippen molar-refractivity contribution in [1.29, 1.82) is 0 Å². The van der Waals surface area contributed by atoms with Crippen LogP contribution in [0.1, 0.15) is 22.3 Å². The number of benzene rings is 2. The number of carbonyl (C=O) groups excluding carboxylic acids is 1. The standard InChI is InChI=1S/C20H19FN2O3/c1-26-16-8-4-13(5-9-16)3-2-10-22-19(24)17-11-14-6-7-15(21)12-18(14)23-20(17)25/h4-9,11-12H,2-3,10H2,1H3,(H,22,24)(H,23,25). The number of H-pyrrole nitrogens is 1. The topological polar surface area (TPSA) is 71.2 Å². The van der Waals surface area contributed by atoms with E-state index >= 15 is 0 Å². The molecule has 0 saturated heterocycles.